The van der Waals surface area contributed by atoms with Crippen molar-refractivity contribution in [2.45, 2.75) is 30.0 Å². The number of rotatable bonds is 13. The number of sulfonamides is 1. The molecule has 0 heterocycles. The molecule has 5 N–H and O–H groups in total. The first-order valence-electron chi connectivity index (χ1n) is 10.9. The number of nitrogens with one attached hydrogen (secondary N) is 1. The van der Waals surface area contributed by atoms with Gasteiger partial charge in [0.1, 0.15) is 24.1 Å². The molecular formula is C22H25F3N4O9S. The van der Waals surface area contributed by atoms with E-state index in [-0.39, 0.29) is 30.5 Å². The molecule has 0 aliphatic carbocycles. The molecule has 0 saturated carbocycles. The number of benzene rings is 2. The first kappa shape index (κ1) is 31.0. The molecule has 0 aliphatic rings. The van der Waals surface area contributed by atoms with Crippen LogP contribution in [-0.4, -0.2) is 58.9 Å². The Morgan fingerprint density at radius 1 is 0.974 bits per heavy atom. The Morgan fingerprint density at radius 2 is 1.59 bits per heavy atom. The Bertz CT molecular complexity index is 1230. The molecule has 0 unspecified atom stereocenters. The second-order valence-electron chi connectivity index (χ2n) is 7.52. The van der Waals surface area contributed by atoms with Crippen LogP contribution in [0, 0.1) is 0 Å². The Balaban J connectivity index is 2.11. The van der Waals surface area contributed by atoms with E-state index in [9.17, 15) is 31.2 Å². The average molecular weight is 579 g/mol. The lowest BCUT2D eigenvalue weighted by molar-refractivity contribution is -0.286. The van der Waals surface area contributed by atoms with E-state index in [0.29, 0.717) is 23.5 Å². The fourth-order valence-corrected chi connectivity index (χ4v) is 3.94. The van der Waals surface area contributed by atoms with Gasteiger partial charge in [0, 0.05) is 6.42 Å². The summed E-state index contributed by atoms with van der Waals surface area (Å²) in [7, 11) is -3.01. The minimum absolute atomic E-state index is 0.188. The van der Waals surface area contributed by atoms with Gasteiger partial charge in [0.15, 0.2) is 0 Å². The zero-order chi connectivity index (χ0) is 29.1. The third-order valence-electron chi connectivity index (χ3n) is 4.56. The van der Waals surface area contributed by atoms with E-state index < -0.39 is 34.2 Å². The summed E-state index contributed by atoms with van der Waals surface area (Å²) in [5.74, 6) is -3.84. The molecule has 0 amide bonds. The first-order valence-corrected chi connectivity index (χ1v) is 12.4. The normalized spacial score (nSPS) is 12.1. The topological polar surface area (TPSA) is 191 Å². The maximum Gasteiger partial charge on any atom is 0.495 e. The molecule has 13 nitrogen and oxygen atoms in total. The zero-order valence-electron chi connectivity index (χ0n) is 20.3. The SMILES string of the molecule is COc1ccc(S(=O)(=O)N[C@@H](Cc2ccc(OCCCON=C(N)N)cc2)C(=O)OOC(=O)C(F)(F)F)cc1. The maximum absolute atomic E-state index is 12.8. The molecule has 0 aliphatic heterocycles. The highest BCUT2D eigenvalue weighted by Crippen LogP contribution is 2.20. The van der Waals surface area contributed by atoms with E-state index in [1.807, 2.05) is 4.72 Å². The number of methoxy groups -OCH3 is 1. The van der Waals surface area contributed by atoms with Crippen LogP contribution >= 0.6 is 0 Å². The first-order chi connectivity index (χ1) is 18.3. The van der Waals surface area contributed by atoms with Gasteiger partial charge in [0.25, 0.3) is 0 Å². The van der Waals surface area contributed by atoms with Gasteiger partial charge in [0.2, 0.25) is 16.0 Å². The molecule has 0 radical (unpaired) electrons. The molecule has 214 valence electrons. The maximum atomic E-state index is 12.8. The quantitative estimate of drug-likeness (QED) is 0.101. The van der Waals surface area contributed by atoms with E-state index in [0.717, 1.165) is 0 Å². The summed E-state index contributed by atoms with van der Waals surface area (Å²) in [4.78, 5) is 35.4. The standard InChI is InChI=1S/C22H25F3N4O9S/c1-34-15-7-9-17(10-8-15)39(32,33)29-18(19(30)37-38-20(31)22(23,24)25)13-14-3-5-16(6-4-14)35-11-2-12-36-28-21(26)27/h3-10,18,29H,2,11-13H2,1H3,(H4,26,27,28)/t18-/m0/s1. The number of hydrogen-bond acceptors (Lipinski definition) is 10. The van der Waals surface area contributed by atoms with Crippen molar-refractivity contribution in [3.8, 4) is 11.5 Å². The van der Waals surface area contributed by atoms with Gasteiger partial charge >= 0.3 is 18.1 Å². The van der Waals surface area contributed by atoms with Crippen LogP contribution in [-0.2, 0) is 40.6 Å². The molecule has 0 saturated heterocycles. The van der Waals surface area contributed by atoms with E-state index in [1.165, 1.54) is 55.6 Å². The van der Waals surface area contributed by atoms with E-state index in [4.69, 9.17) is 25.8 Å². The van der Waals surface area contributed by atoms with Crippen molar-refractivity contribution in [1.29, 1.82) is 0 Å². The summed E-state index contributed by atoms with van der Waals surface area (Å²) < 4.78 is 75.3. The van der Waals surface area contributed by atoms with E-state index >= 15 is 0 Å². The van der Waals surface area contributed by atoms with Crippen molar-refractivity contribution in [3.63, 3.8) is 0 Å². The van der Waals surface area contributed by atoms with Crippen LogP contribution in [0.1, 0.15) is 12.0 Å². The zero-order valence-corrected chi connectivity index (χ0v) is 21.2. The van der Waals surface area contributed by atoms with Crippen molar-refractivity contribution in [2.75, 3.05) is 20.3 Å². The van der Waals surface area contributed by atoms with Crippen LogP contribution < -0.4 is 25.7 Å². The summed E-state index contributed by atoms with van der Waals surface area (Å²) in [6.45, 7) is 0.424. The third kappa shape index (κ3) is 10.6. The molecule has 0 aromatic heterocycles. The highest BCUT2D eigenvalue weighted by Gasteiger charge is 2.43. The van der Waals surface area contributed by atoms with Crippen LogP contribution in [0.15, 0.2) is 58.6 Å². The fourth-order valence-electron chi connectivity index (χ4n) is 2.76. The predicted octanol–water partition coefficient (Wildman–Crippen LogP) is 1.12. The van der Waals surface area contributed by atoms with Gasteiger partial charge in [-0.05, 0) is 53.5 Å². The molecule has 0 spiro atoms. The highest BCUT2D eigenvalue weighted by molar-refractivity contribution is 7.89. The predicted molar refractivity (Wildman–Crippen MR) is 127 cm³/mol. The summed E-state index contributed by atoms with van der Waals surface area (Å²) in [6, 6.07) is 9.26. The molecule has 0 bridgehead atoms. The molecule has 39 heavy (non-hydrogen) atoms. The summed E-state index contributed by atoms with van der Waals surface area (Å²) in [6.07, 6.45) is -5.38. The molecular weight excluding hydrogens is 553 g/mol. The number of carbonyl (C=O) groups is 2. The van der Waals surface area contributed by atoms with Crippen LogP contribution in [0.25, 0.3) is 0 Å². The minimum atomic E-state index is -5.44. The lowest BCUT2D eigenvalue weighted by Crippen LogP contribution is -2.44. The molecule has 2 aromatic rings. The number of carbonyl (C=O) groups excluding carboxylic acids is 2. The lowest BCUT2D eigenvalue weighted by atomic mass is 10.1. The van der Waals surface area contributed by atoms with Crippen LogP contribution in [0.3, 0.4) is 0 Å². The second-order valence-corrected chi connectivity index (χ2v) is 9.23. The van der Waals surface area contributed by atoms with Gasteiger partial charge in [-0.2, -0.15) is 17.9 Å². The summed E-state index contributed by atoms with van der Waals surface area (Å²) in [5, 5.41) is 3.35. The average Bonchev–Trinajstić information content (AvgIpc) is 2.88. The number of ether oxygens (including phenoxy) is 2. The van der Waals surface area contributed by atoms with Gasteiger partial charge in [-0.3, -0.25) is 0 Å². The molecule has 2 aromatic carbocycles. The number of hydrogen-bond donors (Lipinski definition) is 3. The van der Waals surface area contributed by atoms with Crippen LogP contribution in [0.4, 0.5) is 13.2 Å². The van der Waals surface area contributed by atoms with Crippen molar-refractivity contribution >= 4 is 27.9 Å². The summed E-state index contributed by atoms with van der Waals surface area (Å²) >= 11 is 0. The number of guanidine groups is 1. The Morgan fingerprint density at radius 3 is 2.15 bits per heavy atom. The number of nitrogens with two attached hydrogens (primary N) is 2. The van der Waals surface area contributed by atoms with Gasteiger partial charge in [-0.15, -0.1) is 0 Å². The highest BCUT2D eigenvalue weighted by atomic mass is 32.2. The molecule has 2 rings (SSSR count). The van der Waals surface area contributed by atoms with Crippen molar-refractivity contribution in [2.24, 2.45) is 16.6 Å². The van der Waals surface area contributed by atoms with Gasteiger partial charge in [0.05, 0.1) is 18.6 Å². The smallest absolute Gasteiger partial charge is 0.495 e. The van der Waals surface area contributed by atoms with Gasteiger partial charge in [-0.1, -0.05) is 12.1 Å². The van der Waals surface area contributed by atoms with Gasteiger partial charge < -0.3 is 25.8 Å². The molecule has 1 atom stereocenters. The van der Waals surface area contributed by atoms with E-state index in [2.05, 4.69) is 14.9 Å². The largest absolute Gasteiger partial charge is 0.497 e. The van der Waals surface area contributed by atoms with Gasteiger partial charge in [-0.25, -0.2) is 27.8 Å². The minimum Gasteiger partial charge on any atom is -0.497 e. The second kappa shape index (κ2) is 14.1. The molecule has 17 heteroatoms. The number of halogens is 3. The van der Waals surface area contributed by atoms with Crippen LogP contribution in [0.2, 0.25) is 0 Å². The Labute approximate surface area is 220 Å². The number of alkyl halides is 3. The summed E-state index contributed by atoms with van der Waals surface area (Å²) in [5.41, 5.74) is 10.6. The third-order valence-corrected chi connectivity index (χ3v) is 6.05. The van der Waals surface area contributed by atoms with Crippen molar-refractivity contribution in [3.05, 3.63) is 54.1 Å². The lowest BCUT2D eigenvalue weighted by Gasteiger charge is -2.17. The number of oxime groups is 1. The van der Waals surface area contributed by atoms with Crippen molar-refractivity contribution in [1.82, 2.24) is 4.72 Å². The van der Waals surface area contributed by atoms with E-state index in [1.54, 1.807) is 0 Å². The monoisotopic (exact) mass is 578 g/mol. The fraction of sp³-hybridized carbons (Fsp3) is 0.318. The van der Waals surface area contributed by atoms with Crippen molar-refractivity contribution < 1.29 is 55.3 Å². The van der Waals surface area contributed by atoms with Crippen LogP contribution in [0.5, 0.6) is 11.5 Å². The molecule has 0 fully saturated rings. The Kier molecular flexibility index (Phi) is 11.2. The Hall–Kier alpha value is -4.25. The number of nitrogens with zero attached hydrogens (tertiary/aromatic N) is 1.